The number of likely N-dealkylation sites (tertiary alicyclic amines) is 1. The monoisotopic (exact) mass is 314 g/mol. The first-order valence-electron chi connectivity index (χ1n) is 7.79. The van der Waals surface area contributed by atoms with Gasteiger partial charge in [0, 0.05) is 23.5 Å². The maximum Gasteiger partial charge on any atom is 0.333 e. The van der Waals surface area contributed by atoms with E-state index in [0.717, 1.165) is 42.0 Å². The summed E-state index contributed by atoms with van der Waals surface area (Å²) in [6.07, 6.45) is 9.17. The summed E-state index contributed by atoms with van der Waals surface area (Å²) in [5.74, 6) is 0.378. The van der Waals surface area contributed by atoms with Gasteiger partial charge in [0.1, 0.15) is 5.82 Å². The van der Waals surface area contributed by atoms with E-state index in [1.54, 1.807) is 29.3 Å². The Kier molecular flexibility index (Phi) is 4.47. The molecule has 0 aromatic carbocycles. The fraction of sp³-hybridized carbons (Fsp3) is 0.375. The van der Waals surface area contributed by atoms with E-state index in [1.807, 2.05) is 0 Å². The van der Waals surface area contributed by atoms with Crippen molar-refractivity contribution in [3.63, 3.8) is 0 Å². The summed E-state index contributed by atoms with van der Waals surface area (Å²) in [7, 11) is 0. The van der Waals surface area contributed by atoms with Crippen molar-refractivity contribution < 1.29 is 14.5 Å². The fourth-order valence-electron chi connectivity index (χ4n) is 2.86. The lowest BCUT2D eigenvalue weighted by Crippen LogP contribution is -3.15. The zero-order chi connectivity index (χ0) is 16.2. The van der Waals surface area contributed by atoms with Gasteiger partial charge in [-0.2, -0.15) is 5.10 Å². The zero-order valence-corrected chi connectivity index (χ0v) is 12.9. The second kappa shape index (κ2) is 6.70. The number of nitrogens with zero attached hydrogens (tertiary/aromatic N) is 3. The molecule has 0 saturated carbocycles. The van der Waals surface area contributed by atoms with Crippen LogP contribution in [0.25, 0.3) is 11.1 Å². The number of amides is 1. The van der Waals surface area contributed by atoms with E-state index in [4.69, 9.17) is 5.73 Å². The van der Waals surface area contributed by atoms with Crippen LogP contribution < -0.4 is 10.6 Å². The van der Waals surface area contributed by atoms with Crippen LogP contribution in [0.5, 0.6) is 0 Å². The third-order valence-electron chi connectivity index (χ3n) is 4.20. The van der Waals surface area contributed by atoms with Crippen LogP contribution in [0.2, 0.25) is 0 Å². The number of aldehydes is 1. The van der Waals surface area contributed by atoms with Gasteiger partial charge in [-0.05, 0) is 25.3 Å². The average Bonchev–Trinajstić information content (AvgIpc) is 3.04. The Balaban J connectivity index is 1.72. The molecule has 2 aromatic rings. The van der Waals surface area contributed by atoms with Crippen LogP contribution in [0.3, 0.4) is 0 Å². The van der Waals surface area contributed by atoms with Crippen LogP contribution in [0, 0.1) is 0 Å². The molecule has 3 rings (SSSR count). The number of carbonyl (C=O) groups excluding carboxylic acids is 2. The quantitative estimate of drug-likeness (QED) is 0.771. The van der Waals surface area contributed by atoms with E-state index in [1.165, 1.54) is 6.42 Å². The Morgan fingerprint density at radius 1 is 1.26 bits per heavy atom. The van der Waals surface area contributed by atoms with Gasteiger partial charge >= 0.3 is 5.91 Å². The molecule has 1 aliphatic rings. The molecule has 0 bridgehead atoms. The van der Waals surface area contributed by atoms with Gasteiger partial charge < -0.3 is 5.73 Å². The molecule has 7 nitrogen and oxygen atoms in total. The number of pyridine rings is 1. The minimum Gasteiger partial charge on any atom is -0.383 e. The van der Waals surface area contributed by atoms with Gasteiger partial charge in [0.2, 0.25) is 0 Å². The number of nitrogens with one attached hydrogen (secondary N) is 1. The maximum absolute atomic E-state index is 12.3. The predicted molar refractivity (Wildman–Crippen MR) is 84.8 cm³/mol. The van der Waals surface area contributed by atoms with E-state index in [2.05, 4.69) is 10.1 Å². The first-order valence-corrected chi connectivity index (χ1v) is 7.79. The number of nitrogens with two attached hydrogens (primary N) is 1. The summed E-state index contributed by atoms with van der Waals surface area (Å²) >= 11 is 0. The Labute approximate surface area is 134 Å². The number of nitrogen functional groups attached to an aromatic ring is 1. The van der Waals surface area contributed by atoms with Crippen molar-refractivity contribution in [1.82, 2.24) is 14.8 Å². The molecule has 0 atom stereocenters. The molecule has 120 valence electrons. The second-order valence-corrected chi connectivity index (χ2v) is 5.83. The second-order valence-electron chi connectivity index (χ2n) is 5.83. The lowest BCUT2D eigenvalue weighted by atomic mass is 10.1. The first-order chi connectivity index (χ1) is 11.2. The minimum absolute atomic E-state index is 0.170. The molecule has 0 spiro atoms. The maximum atomic E-state index is 12.3. The lowest BCUT2D eigenvalue weighted by Gasteiger charge is -2.20. The van der Waals surface area contributed by atoms with E-state index in [9.17, 15) is 9.59 Å². The number of carbonyl (C=O) groups is 2. The molecule has 3 heterocycles. The number of quaternary nitrogens is 1. The summed E-state index contributed by atoms with van der Waals surface area (Å²) in [6, 6.07) is 1.67. The highest BCUT2D eigenvalue weighted by atomic mass is 16.2. The van der Waals surface area contributed by atoms with Crippen LogP contribution in [0.4, 0.5) is 5.82 Å². The Morgan fingerprint density at radius 2 is 2.04 bits per heavy atom. The van der Waals surface area contributed by atoms with Crippen LogP contribution in [-0.4, -0.2) is 40.0 Å². The number of aromatic nitrogens is 3. The first kappa shape index (κ1) is 15.4. The van der Waals surface area contributed by atoms with Crippen LogP contribution in [0.15, 0.2) is 24.7 Å². The molecule has 1 saturated heterocycles. The average molecular weight is 314 g/mol. The summed E-state index contributed by atoms with van der Waals surface area (Å²) < 4.78 is 1.64. The molecule has 1 fully saturated rings. The number of anilines is 1. The highest BCUT2D eigenvalue weighted by Gasteiger charge is 2.22. The molecule has 7 heteroatoms. The number of hydrogen-bond acceptors (Lipinski definition) is 5. The smallest absolute Gasteiger partial charge is 0.333 e. The van der Waals surface area contributed by atoms with Crippen LogP contribution in [0.1, 0.15) is 29.6 Å². The van der Waals surface area contributed by atoms with Gasteiger partial charge in [-0.1, -0.05) is 0 Å². The third kappa shape index (κ3) is 3.45. The summed E-state index contributed by atoms with van der Waals surface area (Å²) in [4.78, 5) is 28.3. The van der Waals surface area contributed by atoms with E-state index in [-0.39, 0.29) is 18.3 Å². The van der Waals surface area contributed by atoms with Crippen LogP contribution in [-0.2, 0) is 11.3 Å². The number of hydrogen-bond donors (Lipinski definition) is 2. The van der Waals surface area contributed by atoms with Gasteiger partial charge in [0.05, 0.1) is 24.8 Å². The molecule has 3 N–H and O–H groups in total. The van der Waals surface area contributed by atoms with Gasteiger partial charge in [-0.3, -0.25) is 14.4 Å². The van der Waals surface area contributed by atoms with Crippen molar-refractivity contribution in [2.24, 2.45) is 0 Å². The zero-order valence-electron chi connectivity index (χ0n) is 12.9. The fourth-order valence-corrected chi connectivity index (χ4v) is 2.86. The molecule has 1 amide bonds. The largest absolute Gasteiger partial charge is 0.383 e. The van der Waals surface area contributed by atoms with Gasteiger partial charge in [0.15, 0.2) is 12.8 Å². The lowest BCUT2D eigenvalue weighted by molar-refractivity contribution is -0.826. The van der Waals surface area contributed by atoms with E-state index in [0.29, 0.717) is 11.8 Å². The molecule has 0 unspecified atom stereocenters. The SMILES string of the molecule is Nc1ncc(-c2cnn(CC(=O)[NH+]3CCCCC3)c2)cc1C=O. The molecule has 1 aliphatic heterocycles. The minimum atomic E-state index is 0.170. The molecule has 0 radical (unpaired) electrons. The van der Waals surface area contributed by atoms with Crippen molar-refractivity contribution in [2.45, 2.75) is 25.8 Å². The van der Waals surface area contributed by atoms with E-state index < -0.39 is 0 Å². The van der Waals surface area contributed by atoms with Crippen LogP contribution >= 0.6 is 0 Å². The van der Waals surface area contributed by atoms with Gasteiger partial charge in [0.25, 0.3) is 0 Å². The highest BCUT2D eigenvalue weighted by Crippen LogP contribution is 2.20. The topological polar surface area (TPSA) is 95.3 Å². The Bertz CT molecular complexity index is 719. The molecular weight excluding hydrogens is 294 g/mol. The van der Waals surface area contributed by atoms with Gasteiger partial charge in [-0.15, -0.1) is 0 Å². The summed E-state index contributed by atoms with van der Waals surface area (Å²) in [5.41, 5.74) is 7.53. The normalized spacial score (nSPS) is 15.5. The Morgan fingerprint density at radius 3 is 2.78 bits per heavy atom. The number of piperidine rings is 1. The summed E-state index contributed by atoms with van der Waals surface area (Å²) in [6.45, 7) is 2.09. The van der Waals surface area contributed by atoms with Crippen molar-refractivity contribution in [3.05, 3.63) is 30.2 Å². The standard InChI is InChI=1S/C16H19N5O2/c17-16-13(11-22)6-12(7-18-16)14-8-19-21(9-14)10-15(23)20-4-2-1-3-5-20/h6-9,11H,1-5,10H2,(H2,17,18)/p+1. The van der Waals surface area contributed by atoms with E-state index >= 15 is 0 Å². The third-order valence-corrected chi connectivity index (χ3v) is 4.20. The van der Waals surface area contributed by atoms with Crippen molar-refractivity contribution in [2.75, 3.05) is 18.8 Å². The molecule has 0 aliphatic carbocycles. The molecule has 23 heavy (non-hydrogen) atoms. The Hall–Kier alpha value is -2.54. The molecule has 2 aromatic heterocycles. The van der Waals surface area contributed by atoms with Crippen molar-refractivity contribution >= 4 is 18.0 Å². The number of rotatable bonds is 4. The van der Waals surface area contributed by atoms with Crippen molar-refractivity contribution in [1.29, 1.82) is 0 Å². The van der Waals surface area contributed by atoms with Crippen molar-refractivity contribution in [3.8, 4) is 11.1 Å². The molecular formula is C16H20N5O2+. The van der Waals surface area contributed by atoms with Gasteiger partial charge in [-0.25, -0.2) is 9.78 Å². The highest BCUT2D eigenvalue weighted by molar-refractivity contribution is 5.84. The summed E-state index contributed by atoms with van der Waals surface area (Å²) in [5, 5.41) is 4.24. The predicted octanol–water partition coefficient (Wildman–Crippen LogP) is -0.0648.